The van der Waals surface area contributed by atoms with Crippen molar-refractivity contribution in [2.24, 2.45) is 0 Å². The van der Waals surface area contributed by atoms with Gasteiger partial charge in [-0.3, -0.25) is 9.78 Å². The summed E-state index contributed by atoms with van der Waals surface area (Å²) in [5.74, 6) is -0.153. The molecule has 2 heterocycles. The van der Waals surface area contributed by atoms with Crippen LogP contribution in [0.25, 0.3) is 10.7 Å². The van der Waals surface area contributed by atoms with Gasteiger partial charge in [-0.2, -0.15) is 0 Å². The summed E-state index contributed by atoms with van der Waals surface area (Å²) >= 11 is 7.54. The maximum atomic E-state index is 12.6. The molecule has 6 heteroatoms. The van der Waals surface area contributed by atoms with Gasteiger partial charge in [0.15, 0.2) is 0 Å². The number of aryl methyl sites for hydroxylation is 1. The molecule has 3 rings (SSSR count). The number of rotatable bonds is 4. The molecule has 24 heavy (non-hydrogen) atoms. The Hall–Kier alpha value is -2.24. The van der Waals surface area contributed by atoms with Gasteiger partial charge in [-0.25, -0.2) is 4.98 Å². The fraction of sp³-hybridized carbons (Fsp3) is 0.167. The zero-order valence-corrected chi connectivity index (χ0v) is 14.9. The Labute approximate surface area is 149 Å². The van der Waals surface area contributed by atoms with E-state index in [-0.39, 0.29) is 11.9 Å². The topological polar surface area (TPSA) is 54.9 Å². The maximum absolute atomic E-state index is 12.6. The predicted octanol–water partition coefficient (Wildman–Crippen LogP) is 4.66. The van der Waals surface area contributed by atoms with Crippen LogP contribution >= 0.6 is 22.9 Å². The van der Waals surface area contributed by atoms with Crippen LogP contribution in [0.5, 0.6) is 0 Å². The van der Waals surface area contributed by atoms with Gasteiger partial charge >= 0.3 is 0 Å². The molecule has 0 fully saturated rings. The molecular weight excluding hydrogens is 342 g/mol. The highest BCUT2D eigenvalue weighted by Gasteiger charge is 2.19. The number of pyridine rings is 1. The summed E-state index contributed by atoms with van der Waals surface area (Å²) in [4.78, 5) is 21.9. The molecule has 0 aliphatic carbocycles. The van der Waals surface area contributed by atoms with Crippen LogP contribution in [-0.4, -0.2) is 15.9 Å². The van der Waals surface area contributed by atoms with Crippen LogP contribution in [0.3, 0.4) is 0 Å². The highest BCUT2D eigenvalue weighted by atomic mass is 35.5. The van der Waals surface area contributed by atoms with E-state index in [9.17, 15) is 4.79 Å². The van der Waals surface area contributed by atoms with E-state index in [2.05, 4.69) is 15.3 Å². The van der Waals surface area contributed by atoms with Gasteiger partial charge in [-0.15, -0.1) is 11.3 Å². The van der Waals surface area contributed by atoms with Gasteiger partial charge in [0.1, 0.15) is 9.88 Å². The van der Waals surface area contributed by atoms with Crippen LogP contribution in [0.2, 0.25) is 5.02 Å². The number of carbonyl (C=O) groups is 1. The summed E-state index contributed by atoms with van der Waals surface area (Å²) in [7, 11) is 0. The van der Waals surface area contributed by atoms with Gasteiger partial charge in [0.05, 0.1) is 17.4 Å². The fourth-order valence-corrected chi connectivity index (χ4v) is 3.62. The molecule has 0 aliphatic heterocycles. The van der Waals surface area contributed by atoms with Crippen molar-refractivity contribution < 1.29 is 4.79 Å². The normalized spacial score (nSPS) is 12.0. The van der Waals surface area contributed by atoms with Crippen molar-refractivity contribution in [3.05, 3.63) is 69.8 Å². The van der Waals surface area contributed by atoms with E-state index in [1.54, 1.807) is 6.20 Å². The van der Waals surface area contributed by atoms with Crippen molar-refractivity contribution in [3.63, 3.8) is 0 Å². The van der Waals surface area contributed by atoms with Crippen LogP contribution in [0.1, 0.15) is 33.9 Å². The lowest BCUT2D eigenvalue weighted by molar-refractivity contribution is 0.0943. The van der Waals surface area contributed by atoms with Crippen LogP contribution in [0.4, 0.5) is 0 Å². The van der Waals surface area contributed by atoms with E-state index in [1.807, 2.05) is 56.3 Å². The van der Waals surface area contributed by atoms with Crippen molar-refractivity contribution in [2.45, 2.75) is 19.9 Å². The minimum Gasteiger partial charge on any atom is -0.345 e. The van der Waals surface area contributed by atoms with E-state index in [0.29, 0.717) is 15.6 Å². The third-order valence-corrected chi connectivity index (χ3v) is 5.13. The SMILES string of the molecule is Cc1nc(-c2ccccn2)sc1C(=O)N[C@@H](C)c1ccccc1Cl. The Morgan fingerprint density at radius 3 is 2.67 bits per heavy atom. The minimum absolute atomic E-state index is 0.153. The molecule has 1 atom stereocenters. The molecule has 0 unspecified atom stereocenters. The van der Waals surface area contributed by atoms with Crippen molar-refractivity contribution in [2.75, 3.05) is 0 Å². The number of aromatic nitrogens is 2. The zero-order valence-electron chi connectivity index (χ0n) is 13.3. The third kappa shape index (κ3) is 3.47. The Morgan fingerprint density at radius 2 is 1.96 bits per heavy atom. The Balaban J connectivity index is 1.81. The second kappa shape index (κ2) is 7.11. The first kappa shape index (κ1) is 16.6. The summed E-state index contributed by atoms with van der Waals surface area (Å²) in [6.45, 7) is 3.74. The Kier molecular flexibility index (Phi) is 4.92. The molecule has 2 aromatic heterocycles. The molecule has 4 nitrogen and oxygen atoms in total. The molecule has 3 aromatic rings. The van der Waals surface area contributed by atoms with E-state index < -0.39 is 0 Å². The molecule has 0 aliphatic rings. The number of hydrogen-bond acceptors (Lipinski definition) is 4. The maximum Gasteiger partial charge on any atom is 0.263 e. The standard InChI is InChI=1S/C18H16ClN3OS/c1-11(13-7-3-4-8-14(13)19)21-17(23)16-12(2)22-18(24-16)15-9-5-6-10-20-15/h3-11H,1-2H3,(H,21,23)/t11-/m0/s1. The second-order valence-corrected chi connectivity index (χ2v) is 6.77. The van der Waals surface area contributed by atoms with Gasteiger partial charge < -0.3 is 5.32 Å². The molecule has 1 aromatic carbocycles. The Morgan fingerprint density at radius 1 is 1.21 bits per heavy atom. The zero-order chi connectivity index (χ0) is 17.1. The summed E-state index contributed by atoms with van der Waals surface area (Å²) in [5.41, 5.74) is 2.35. The molecule has 0 radical (unpaired) electrons. The largest absolute Gasteiger partial charge is 0.345 e. The predicted molar refractivity (Wildman–Crippen MR) is 97.4 cm³/mol. The molecular formula is C18H16ClN3OS. The first-order valence-electron chi connectivity index (χ1n) is 7.50. The number of benzene rings is 1. The summed E-state index contributed by atoms with van der Waals surface area (Å²) in [6, 6.07) is 12.9. The lowest BCUT2D eigenvalue weighted by Gasteiger charge is -2.15. The molecule has 0 bridgehead atoms. The number of carbonyl (C=O) groups excluding carboxylic acids is 1. The van der Waals surface area contributed by atoms with Crippen molar-refractivity contribution in [1.82, 2.24) is 15.3 Å². The minimum atomic E-state index is -0.189. The second-order valence-electron chi connectivity index (χ2n) is 5.37. The number of hydrogen-bond donors (Lipinski definition) is 1. The van der Waals surface area contributed by atoms with Gasteiger partial charge in [0.2, 0.25) is 0 Å². The van der Waals surface area contributed by atoms with Gasteiger partial charge in [-0.1, -0.05) is 35.9 Å². The average Bonchev–Trinajstić information content (AvgIpc) is 2.98. The average molecular weight is 358 g/mol. The molecule has 0 saturated carbocycles. The molecule has 122 valence electrons. The number of halogens is 1. The summed E-state index contributed by atoms with van der Waals surface area (Å²) < 4.78 is 0. The van der Waals surface area contributed by atoms with Gasteiger partial charge in [-0.05, 0) is 37.6 Å². The summed E-state index contributed by atoms with van der Waals surface area (Å²) in [6.07, 6.45) is 1.71. The van der Waals surface area contributed by atoms with E-state index in [4.69, 9.17) is 11.6 Å². The first-order chi connectivity index (χ1) is 11.6. The van der Waals surface area contributed by atoms with Crippen LogP contribution < -0.4 is 5.32 Å². The van der Waals surface area contributed by atoms with Crippen LogP contribution in [-0.2, 0) is 0 Å². The highest BCUT2D eigenvalue weighted by molar-refractivity contribution is 7.17. The number of nitrogens with zero attached hydrogens (tertiary/aromatic N) is 2. The van der Waals surface area contributed by atoms with Gasteiger partial charge in [0, 0.05) is 11.2 Å². The molecule has 1 N–H and O–H groups in total. The molecule has 1 amide bonds. The third-order valence-electron chi connectivity index (χ3n) is 3.61. The van der Waals surface area contributed by atoms with Crippen molar-refractivity contribution >= 4 is 28.8 Å². The van der Waals surface area contributed by atoms with Crippen LogP contribution in [0.15, 0.2) is 48.7 Å². The van der Waals surface area contributed by atoms with Crippen LogP contribution in [0, 0.1) is 6.92 Å². The quantitative estimate of drug-likeness (QED) is 0.738. The monoisotopic (exact) mass is 357 g/mol. The van der Waals surface area contributed by atoms with Gasteiger partial charge in [0.25, 0.3) is 5.91 Å². The number of thiazole rings is 1. The summed E-state index contributed by atoms with van der Waals surface area (Å²) in [5, 5.41) is 4.36. The Bertz CT molecular complexity index is 864. The lowest BCUT2D eigenvalue weighted by atomic mass is 10.1. The van der Waals surface area contributed by atoms with E-state index in [0.717, 1.165) is 16.3 Å². The smallest absolute Gasteiger partial charge is 0.263 e. The van der Waals surface area contributed by atoms with Crippen molar-refractivity contribution in [1.29, 1.82) is 0 Å². The fourth-order valence-electron chi connectivity index (χ4n) is 2.37. The lowest BCUT2D eigenvalue weighted by Crippen LogP contribution is -2.26. The molecule has 0 spiro atoms. The number of amides is 1. The highest BCUT2D eigenvalue weighted by Crippen LogP contribution is 2.28. The molecule has 0 saturated heterocycles. The number of nitrogens with one attached hydrogen (secondary N) is 1. The van der Waals surface area contributed by atoms with E-state index in [1.165, 1.54) is 11.3 Å². The first-order valence-corrected chi connectivity index (χ1v) is 8.70. The van der Waals surface area contributed by atoms with Crippen molar-refractivity contribution in [3.8, 4) is 10.7 Å². The van der Waals surface area contributed by atoms with E-state index >= 15 is 0 Å².